The van der Waals surface area contributed by atoms with Gasteiger partial charge in [0.2, 0.25) is 0 Å². The molecule has 3 rings (SSSR count). The highest BCUT2D eigenvalue weighted by molar-refractivity contribution is 5.94. The summed E-state index contributed by atoms with van der Waals surface area (Å²) in [6, 6.07) is 10.5. The second-order valence-electron chi connectivity index (χ2n) is 5.39. The summed E-state index contributed by atoms with van der Waals surface area (Å²) in [5, 5.41) is 3.36. The first-order valence-corrected chi connectivity index (χ1v) is 7.98. The molecule has 0 radical (unpaired) electrons. The molecule has 0 atom stereocenters. The Kier molecular flexibility index (Phi) is 4.86. The Bertz CT molecular complexity index is 934. The molecule has 6 heteroatoms. The van der Waals surface area contributed by atoms with Gasteiger partial charge in [0.05, 0.1) is 16.5 Å². The van der Waals surface area contributed by atoms with E-state index in [-0.39, 0.29) is 11.5 Å². The fourth-order valence-corrected chi connectivity index (χ4v) is 2.51. The van der Waals surface area contributed by atoms with Crippen molar-refractivity contribution in [3.63, 3.8) is 0 Å². The predicted molar refractivity (Wildman–Crippen MR) is 92.4 cm³/mol. The summed E-state index contributed by atoms with van der Waals surface area (Å²) < 4.78 is 6.64. The summed E-state index contributed by atoms with van der Waals surface area (Å²) >= 11 is 0. The van der Waals surface area contributed by atoms with E-state index in [2.05, 4.69) is 10.3 Å². The highest BCUT2D eigenvalue weighted by atomic mass is 16.5. The van der Waals surface area contributed by atoms with Gasteiger partial charge in [-0.05, 0) is 37.6 Å². The topological polar surface area (TPSA) is 72.7 Å². The van der Waals surface area contributed by atoms with Gasteiger partial charge in [0.15, 0.2) is 0 Å². The normalized spacial score (nSPS) is 11.0. The van der Waals surface area contributed by atoms with Gasteiger partial charge in [0, 0.05) is 26.0 Å². The molecule has 0 unspecified atom stereocenters. The van der Waals surface area contributed by atoms with E-state index in [0.29, 0.717) is 41.9 Å². The van der Waals surface area contributed by atoms with Gasteiger partial charge in [-0.2, -0.15) is 0 Å². The predicted octanol–water partition coefficient (Wildman–Crippen LogP) is 2.00. The molecule has 3 aromatic rings. The highest BCUT2D eigenvalue weighted by Crippen LogP contribution is 2.10. The van der Waals surface area contributed by atoms with Crippen LogP contribution in [0.1, 0.15) is 23.7 Å². The zero-order valence-corrected chi connectivity index (χ0v) is 13.5. The summed E-state index contributed by atoms with van der Waals surface area (Å²) in [6.45, 7) is 3.75. The highest BCUT2D eigenvalue weighted by Gasteiger charge is 2.09. The fraction of sp³-hybridized carbons (Fsp3) is 0.278. The van der Waals surface area contributed by atoms with Gasteiger partial charge in [-0.25, -0.2) is 4.98 Å². The van der Waals surface area contributed by atoms with E-state index in [4.69, 9.17) is 4.74 Å². The number of benzene rings is 1. The Labute approximate surface area is 139 Å². The molecule has 0 fully saturated rings. The zero-order valence-electron chi connectivity index (χ0n) is 13.5. The summed E-state index contributed by atoms with van der Waals surface area (Å²) in [5.74, 6) is -0.214. The van der Waals surface area contributed by atoms with Crippen molar-refractivity contribution in [3.8, 4) is 0 Å². The van der Waals surface area contributed by atoms with Crippen LogP contribution in [0.25, 0.3) is 16.6 Å². The lowest BCUT2D eigenvalue weighted by molar-refractivity contribution is 0.0944. The molecule has 0 bridgehead atoms. The van der Waals surface area contributed by atoms with Gasteiger partial charge in [0.1, 0.15) is 5.65 Å². The molecule has 1 N–H and O–H groups in total. The van der Waals surface area contributed by atoms with Crippen molar-refractivity contribution in [1.29, 1.82) is 0 Å². The maximum absolute atomic E-state index is 12.6. The van der Waals surface area contributed by atoms with E-state index < -0.39 is 0 Å². The van der Waals surface area contributed by atoms with Crippen LogP contribution in [0.15, 0.2) is 47.4 Å². The van der Waals surface area contributed by atoms with Gasteiger partial charge in [0.25, 0.3) is 11.5 Å². The van der Waals surface area contributed by atoms with E-state index >= 15 is 0 Å². The summed E-state index contributed by atoms with van der Waals surface area (Å²) in [7, 11) is 0. The third kappa shape index (κ3) is 3.28. The molecule has 0 spiro atoms. The van der Waals surface area contributed by atoms with Crippen molar-refractivity contribution in [2.75, 3.05) is 19.8 Å². The van der Waals surface area contributed by atoms with E-state index in [9.17, 15) is 9.59 Å². The molecule has 6 nitrogen and oxygen atoms in total. The SMILES string of the molecule is CCOCCCNC(=O)c1ccc2nc3ccccc3c(=O)n2c1. The Balaban J connectivity index is 1.85. The number of carbonyl (C=O) groups excluding carboxylic acids is 1. The van der Waals surface area contributed by atoms with Crippen LogP contribution < -0.4 is 10.9 Å². The number of ether oxygens (including phenoxy) is 1. The third-order valence-electron chi connectivity index (χ3n) is 3.73. The van der Waals surface area contributed by atoms with Gasteiger partial charge in [-0.15, -0.1) is 0 Å². The molecule has 124 valence electrons. The van der Waals surface area contributed by atoms with Crippen molar-refractivity contribution >= 4 is 22.5 Å². The number of carbonyl (C=O) groups is 1. The first-order chi connectivity index (χ1) is 11.7. The van der Waals surface area contributed by atoms with Gasteiger partial charge in [-0.1, -0.05) is 12.1 Å². The number of amides is 1. The Hall–Kier alpha value is -2.73. The minimum Gasteiger partial charge on any atom is -0.382 e. The van der Waals surface area contributed by atoms with Crippen LogP contribution in [0.4, 0.5) is 0 Å². The first-order valence-electron chi connectivity index (χ1n) is 7.98. The molecule has 0 saturated heterocycles. The second kappa shape index (κ2) is 7.23. The van der Waals surface area contributed by atoms with Crippen LogP contribution in [0.5, 0.6) is 0 Å². The number of nitrogens with zero attached hydrogens (tertiary/aromatic N) is 2. The lowest BCUT2D eigenvalue weighted by Gasteiger charge is -2.08. The van der Waals surface area contributed by atoms with Crippen LogP contribution in [0, 0.1) is 0 Å². The molecular weight excluding hydrogens is 306 g/mol. The minimum atomic E-state index is -0.214. The zero-order chi connectivity index (χ0) is 16.9. The summed E-state index contributed by atoms with van der Waals surface area (Å²) in [4.78, 5) is 29.2. The average Bonchev–Trinajstić information content (AvgIpc) is 2.61. The third-order valence-corrected chi connectivity index (χ3v) is 3.73. The molecule has 0 saturated carbocycles. The monoisotopic (exact) mass is 325 g/mol. The van der Waals surface area contributed by atoms with Crippen molar-refractivity contribution in [1.82, 2.24) is 14.7 Å². The molecule has 24 heavy (non-hydrogen) atoms. The van der Waals surface area contributed by atoms with Crippen LogP contribution >= 0.6 is 0 Å². The Morgan fingerprint density at radius 1 is 1.25 bits per heavy atom. The molecule has 2 heterocycles. The van der Waals surface area contributed by atoms with Gasteiger partial charge < -0.3 is 10.1 Å². The quantitative estimate of drug-likeness (QED) is 0.556. The standard InChI is InChI=1S/C18H19N3O3/c1-2-24-11-5-10-19-17(22)13-8-9-16-20-15-7-4-3-6-14(15)18(23)21(16)12-13/h3-4,6-9,12H,2,5,10-11H2,1H3,(H,19,22). The molecule has 0 aliphatic carbocycles. The van der Waals surface area contributed by atoms with Crippen LogP contribution in [-0.4, -0.2) is 35.1 Å². The number of hydrogen-bond donors (Lipinski definition) is 1. The smallest absolute Gasteiger partial charge is 0.265 e. The maximum atomic E-state index is 12.6. The lowest BCUT2D eigenvalue weighted by atomic mass is 10.2. The van der Waals surface area contributed by atoms with E-state index in [1.54, 1.807) is 30.3 Å². The van der Waals surface area contributed by atoms with Gasteiger partial charge in [-0.3, -0.25) is 14.0 Å². The summed E-state index contributed by atoms with van der Waals surface area (Å²) in [6.07, 6.45) is 2.29. The number of nitrogens with one attached hydrogen (secondary N) is 1. The van der Waals surface area contributed by atoms with E-state index in [0.717, 1.165) is 6.42 Å². The number of para-hydroxylation sites is 1. The van der Waals surface area contributed by atoms with Crippen molar-refractivity contribution in [2.45, 2.75) is 13.3 Å². The number of pyridine rings is 1. The van der Waals surface area contributed by atoms with Gasteiger partial charge >= 0.3 is 0 Å². The number of aromatic nitrogens is 2. The maximum Gasteiger partial charge on any atom is 0.265 e. The molecule has 1 amide bonds. The lowest BCUT2D eigenvalue weighted by Crippen LogP contribution is -2.26. The molecular formula is C18H19N3O3. The molecule has 1 aromatic carbocycles. The van der Waals surface area contributed by atoms with Crippen LogP contribution in [0.3, 0.4) is 0 Å². The average molecular weight is 325 g/mol. The molecule has 0 aliphatic rings. The molecule has 0 aliphatic heterocycles. The molecule has 2 aromatic heterocycles. The second-order valence-corrected chi connectivity index (χ2v) is 5.39. The minimum absolute atomic E-state index is 0.179. The van der Waals surface area contributed by atoms with Crippen molar-refractivity contribution < 1.29 is 9.53 Å². The van der Waals surface area contributed by atoms with Crippen molar-refractivity contribution in [3.05, 3.63) is 58.5 Å². The van der Waals surface area contributed by atoms with Crippen LogP contribution in [0.2, 0.25) is 0 Å². The number of fused-ring (bicyclic) bond motifs is 2. The first kappa shape index (κ1) is 16.1. The van der Waals surface area contributed by atoms with E-state index in [1.165, 1.54) is 10.6 Å². The van der Waals surface area contributed by atoms with Crippen molar-refractivity contribution in [2.24, 2.45) is 0 Å². The summed E-state index contributed by atoms with van der Waals surface area (Å²) in [5.41, 5.74) is 1.42. The Morgan fingerprint density at radius 3 is 2.92 bits per heavy atom. The number of hydrogen-bond acceptors (Lipinski definition) is 4. The largest absolute Gasteiger partial charge is 0.382 e. The number of rotatable bonds is 6. The van der Waals surface area contributed by atoms with Crippen LogP contribution in [-0.2, 0) is 4.74 Å². The van der Waals surface area contributed by atoms with E-state index in [1.807, 2.05) is 13.0 Å². The Morgan fingerprint density at radius 2 is 2.08 bits per heavy atom. The fourth-order valence-electron chi connectivity index (χ4n) is 2.51.